The lowest BCUT2D eigenvalue weighted by atomic mass is 10.0. The van der Waals surface area contributed by atoms with Crippen LogP contribution in [-0.2, 0) is 11.3 Å². The van der Waals surface area contributed by atoms with E-state index in [0.29, 0.717) is 0 Å². The minimum absolute atomic E-state index is 0.745. The van der Waals surface area contributed by atoms with Crippen molar-refractivity contribution in [2.24, 2.45) is 0 Å². The van der Waals surface area contributed by atoms with Gasteiger partial charge in [0.1, 0.15) is 0 Å². The highest BCUT2D eigenvalue weighted by Gasteiger charge is 2.17. The van der Waals surface area contributed by atoms with Gasteiger partial charge in [0.2, 0.25) is 0 Å². The van der Waals surface area contributed by atoms with Crippen LogP contribution in [-0.4, -0.2) is 44.3 Å². The maximum atomic E-state index is 5.77. The van der Waals surface area contributed by atoms with E-state index < -0.39 is 0 Å². The molecule has 118 valence electrons. The lowest BCUT2D eigenvalue weighted by Gasteiger charge is -2.32. The topological polar surface area (TPSA) is 24.5 Å². The zero-order chi connectivity index (χ0) is 14.8. The minimum atomic E-state index is 0.745. The molecule has 1 aromatic carbocycles. The zero-order valence-electron chi connectivity index (χ0n) is 13.4. The van der Waals surface area contributed by atoms with Gasteiger partial charge in [-0.2, -0.15) is 0 Å². The number of rotatable bonds is 9. The molecule has 1 saturated heterocycles. The second-order valence-corrected chi connectivity index (χ2v) is 6.05. The standard InChI is InChI=1S/C18H30N2O/c1-20-13-6-5-10-18(20)11-15-21-14-7-12-19-16-17-8-3-2-4-9-17/h2-4,8-9,18-19H,5-7,10-16H2,1H3. The Morgan fingerprint density at radius 1 is 1.19 bits per heavy atom. The van der Waals surface area contributed by atoms with Gasteiger partial charge in [0.25, 0.3) is 0 Å². The predicted molar refractivity (Wildman–Crippen MR) is 88.5 cm³/mol. The molecular weight excluding hydrogens is 260 g/mol. The van der Waals surface area contributed by atoms with Crippen LogP contribution >= 0.6 is 0 Å². The third-order valence-corrected chi connectivity index (χ3v) is 4.33. The summed E-state index contributed by atoms with van der Waals surface area (Å²) in [6.07, 6.45) is 6.37. The van der Waals surface area contributed by atoms with Crippen molar-refractivity contribution in [1.82, 2.24) is 10.2 Å². The second kappa shape index (κ2) is 9.93. The molecule has 0 aliphatic carbocycles. The van der Waals surface area contributed by atoms with Crippen LogP contribution in [0.15, 0.2) is 30.3 Å². The van der Waals surface area contributed by atoms with Crippen molar-refractivity contribution < 1.29 is 4.74 Å². The van der Waals surface area contributed by atoms with E-state index in [4.69, 9.17) is 4.74 Å². The molecule has 1 aliphatic heterocycles. The molecule has 21 heavy (non-hydrogen) atoms. The second-order valence-electron chi connectivity index (χ2n) is 6.05. The van der Waals surface area contributed by atoms with Gasteiger partial charge in [-0.05, 0) is 51.4 Å². The Morgan fingerprint density at radius 2 is 2.05 bits per heavy atom. The van der Waals surface area contributed by atoms with Gasteiger partial charge in [-0.1, -0.05) is 36.8 Å². The van der Waals surface area contributed by atoms with Crippen LogP contribution in [0.5, 0.6) is 0 Å². The van der Waals surface area contributed by atoms with Gasteiger partial charge < -0.3 is 15.0 Å². The first kappa shape index (κ1) is 16.5. The van der Waals surface area contributed by atoms with Gasteiger partial charge in [-0.25, -0.2) is 0 Å². The zero-order valence-corrected chi connectivity index (χ0v) is 13.4. The number of likely N-dealkylation sites (tertiary alicyclic amines) is 1. The van der Waals surface area contributed by atoms with Crippen LogP contribution in [0.1, 0.15) is 37.7 Å². The summed E-state index contributed by atoms with van der Waals surface area (Å²) in [5.41, 5.74) is 1.35. The predicted octanol–water partition coefficient (Wildman–Crippen LogP) is 3.06. The van der Waals surface area contributed by atoms with Crippen molar-refractivity contribution in [3.63, 3.8) is 0 Å². The monoisotopic (exact) mass is 290 g/mol. The van der Waals surface area contributed by atoms with E-state index >= 15 is 0 Å². The van der Waals surface area contributed by atoms with Crippen molar-refractivity contribution in [3.8, 4) is 0 Å². The van der Waals surface area contributed by atoms with Gasteiger partial charge >= 0.3 is 0 Å². The fraction of sp³-hybridized carbons (Fsp3) is 0.667. The summed E-state index contributed by atoms with van der Waals surface area (Å²) in [5.74, 6) is 0. The quantitative estimate of drug-likeness (QED) is 0.707. The Hall–Kier alpha value is -0.900. The van der Waals surface area contributed by atoms with Crippen molar-refractivity contribution in [3.05, 3.63) is 35.9 Å². The number of hydrogen-bond donors (Lipinski definition) is 1. The third-order valence-electron chi connectivity index (χ3n) is 4.33. The molecule has 1 unspecified atom stereocenters. The molecule has 3 nitrogen and oxygen atoms in total. The molecule has 1 atom stereocenters. The number of hydrogen-bond acceptors (Lipinski definition) is 3. The molecule has 0 radical (unpaired) electrons. The summed E-state index contributed by atoms with van der Waals surface area (Å²) < 4.78 is 5.77. The molecular formula is C18H30N2O. The van der Waals surface area contributed by atoms with Crippen molar-refractivity contribution >= 4 is 0 Å². The highest BCUT2D eigenvalue weighted by Crippen LogP contribution is 2.17. The van der Waals surface area contributed by atoms with E-state index in [1.165, 1.54) is 37.8 Å². The van der Waals surface area contributed by atoms with Crippen molar-refractivity contribution in [1.29, 1.82) is 0 Å². The highest BCUT2D eigenvalue weighted by molar-refractivity contribution is 5.14. The lowest BCUT2D eigenvalue weighted by molar-refractivity contribution is 0.0907. The van der Waals surface area contributed by atoms with Gasteiger partial charge in [0.05, 0.1) is 0 Å². The van der Waals surface area contributed by atoms with E-state index in [9.17, 15) is 0 Å². The Bertz CT molecular complexity index is 369. The largest absolute Gasteiger partial charge is 0.381 e. The summed E-state index contributed by atoms with van der Waals surface area (Å²) in [7, 11) is 2.25. The van der Waals surface area contributed by atoms with Crippen molar-refractivity contribution in [2.75, 3.05) is 33.4 Å². The summed E-state index contributed by atoms with van der Waals surface area (Å²) in [5, 5.41) is 3.46. The van der Waals surface area contributed by atoms with E-state index in [-0.39, 0.29) is 0 Å². The first-order valence-electron chi connectivity index (χ1n) is 8.39. The first-order chi connectivity index (χ1) is 10.4. The molecule has 1 heterocycles. The van der Waals surface area contributed by atoms with Gasteiger partial charge in [0.15, 0.2) is 0 Å². The third kappa shape index (κ3) is 6.60. The molecule has 1 fully saturated rings. The van der Waals surface area contributed by atoms with Crippen molar-refractivity contribution in [2.45, 2.75) is 44.7 Å². The molecule has 1 N–H and O–H groups in total. The minimum Gasteiger partial charge on any atom is -0.381 e. The molecule has 0 bridgehead atoms. The number of nitrogens with one attached hydrogen (secondary N) is 1. The van der Waals surface area contributed by atoms with E-state index in [1.54, 1.807) is 0 Å². The average molecular weight is 290 g/mol. The van der Waals surface area contributed by atoms with Crippen LogP contribution in [0.3, 0.4) is 0 Å². The number of benzene rings is 1. The Kier molecular flexibility index (Phi) is 7.79. The first-order valence-corrected chi connectivity index (χ1v) is 8.39. The van der Waals surface area contributed by atoms with Crippen LogP contribution in [0.2, 0.25) is 0 Å². The number of ether oxygens (including phenoxy) is 1. The van der Waals surface area contributed by atoms with E-state index in [1.807, 2.05) is 0 Å². The smallest absolute Gasteiger partial charge is 0.0480 e. The molecule has 3 heteroatoms. The molecule has 0 amide bonds. The fourth-order valence-corrected chi connectivity index (χ4v) is 2.96. The summed E-state index contributed by atoms with van der Waals surface area (Å²) in [6.45, 7) is 5.02. The van der Waals surface area contributed by atoms with Crippen LogP contribution < -0.4 is 5.32 Å². The molecule has 1 aliphatic rings. The van der Waals surface area contributed by atoms with Crippen LogP contribution in [0.25, 0.3) is 0 Å². The SMILES string of the molecule is CN1CCCCC1CCOCCCNCc1ccccc1. The summed E-state index contributed by atoms with van der Waals surface area (Å²) in [6, 6.07) is 11.3. The van der Waals surface area contributed by atoms with Crippen LogP contribution in [0, 0.1) is 0 Å². The maximum absolute atomic E-state index is 5.77. The Morgan fingerprint density at radius 3 is 2.86 bits per heavy atom. The van der Waals surface area contributed by atoms with Gasteiger partial charge in [0, 0.05) is 25.8 Å². The molecule has 1 aromatic rings. The highest BCUT2D eigenvalue weighted by atomic mass is 16.5. The van der Waals surface area contributed by atoms with E-state index in [0.717, 1.165) is 38.8 Å². The van der Waals surface area contributed by atoms with Gasteiger partial charge in [-0.15, -0.1) is 0 Å². The van der Waals surface area contributed by atoms with Crippen LogP contribution in [0.4, 0.5) is 0 Å². The number of piperidine rings is 1. The lowest BCUT2D eigenvalue weighted by Crippen LogP contribution is -2.36. The maximum Gasteiger partial charge on any atom is 0.0480 e. The molecule has 2 rings (SSSR count). The number of nitrogens with zero attached hydrogens (tertiary/aromatic N) is 1. The Balaban J connectivity index is 1.42. The normalized spacial score (nSPS) is 19.8. The fourth-order valence-electron chi connectivity index (χ4n) is 2.96. The summed E-state index contributed by atoms with van der Waals surface area (Å²) in [4.78, 5) is 2.49. The molecule has 0 spiro atoms. The van der Waals surface area contributed by atoms with E-state index in [2.05, 4.69) is 47.6 Å². The average Bonchev–Trinajstić information content (AvgIpc) is 2.52. The Labute approximate surface area is 129 Å². The molecule has 0 saturated carbocycles. The van der Waals surface area contributed by atoms with Gasteiger partial charge in [-0.3, -0.25) is 0 Å². The molecule has 0 aromatic heterocycles. The summed E-state index contributed by atoms with van der Waals surface area (Å²) >= 11 is 0.